The first-order valence-electron chi connectivity index (χ1n) is 7.19. The highest BCUT2D eigenvalue weighted by Gasteiger charge is 2.28. The van der Waals surface area contributed by atoms with Crippen LogP contribution in [0.5, 0.6) is 0 Å². The Morgan fingerprint density at radius 2 is 1.87 bits per heavy atom. The van der Waals surface area contributed by atoms with E-state index in [9.17, 15) is 18.3 Å². The number of aromatic carboxylic acids is 1. The van der Waals surface area contributed by atoms with Gasteiger partial charge in [0.1, 0.15) is 0 Å². The second kappa shape index (κ2) is 5.75. The van der Waals surface area contributed by atoms with Gasteiger partial charge in [0, 0.05) is 30.1 Å². The fourth-order valence-corrected chi connectivity index (χ4v) is 4.40. The molecule has 0 atom stereocenters. The van der Waals surface area contributed by atoms with Gasteiger partial charge in [-0.25, -0.2) is 18.2 Å². The van der Waals surface area contributed by atoms with Crippen LogP contribution in [0.2, 0.25) is 0 Å². The molecule has 1 saturated heterocycles. The van der Waals surface area contributed by atoms with Gasteiger partial charge in [-0.1, -0.05) is 24.3 Å². The van der Waals surface area contributed by atoms with E-state index in [2.05, 4.69) is 11.6 Å². The van der Waals surface area contributed by atoms with Crippen molar-refractivity contribution in [3.8, 4) is 0 Å². The molecular formula is C16H16N2O4S. The monoisotopic (exact) mass is 332 g/mol. The maximum Gasteiger partial charge on any atom is 0.355 e. The number of pyridine rings is 1. The van der Waals surface area contributed by atoms with Crippen molar-refractivity contribution in [2.24, 2.45) is 0 Å². The predicted octanol–water partition coefficient (Wildman–Crippen LogP) is 2.27. The summed E-state index contributed by atoms with van der Waals surface area (Å²) in [6, 6.07) is 6.17. The lowest BCUT2D eigenvalue weighted by atomic mass is 10.1. The minimum Gasteiger partial charge on any atom is -0.476 e. The van der Waals surface area contributed by atoms with Crippen LogP contribution in [0.1, 0.15) is 23.3 Å². The van der Waals surface area contributed by atoms with Gasteiger partial charge in [-0.3, -0.25) is 0 Å². The summed E-state index contributed by atoms with van der Waals surface area (Å²) in [5.41, 5.74) is 0.901. The highest BCUT2D eigenvalue weighted by Crippen LogP contribution is 2.29. The third-order valence-electron chi connectivity index (χ3n) is 4.02. The highest BCUT2D eigenvalue weighted by atomic mass is 32.2. The lowest BCUT2D eigenvalue weighted by Gasteiger charge is -2.27. The third-order valence-corrected chi connectivity index (χ3v) is 5.97. The van der Waals surface area contributed by atoms with Crippen molar-refractivity contribution >= 4 is 26.8 Å². The van der Waals surface area contributed by atoms with Crippen LogP contribution in [0.3, 0.4) is 0 Å². The van der Waals surface area contributed by atoms with Gasteiger partial charge in [0.05, 0.1) is 4.90 Å². The molecule has 23 heavy (non-hydrogen) atoms. The van der Waals surface area contributed by atoms with Crippen LogP contribution >= 0.6 is 0 Å². The Morgan fingerprint density at radius 1 is 1.17 bits per heavy atom. The molecule has 1 aliphatic rings. The first-order chi connectivity index (χ1) is 10.9. The molecule has 1 aromatic heterocycles. The molecule has 0 spiro atoms. The quantitative estimate of drug-likeness (QED) is 0.871. The standard InChI is InChI=1S/C16H16N2O4S/c1-11-6-9-18(10-7-11)23(21,22)14-4-2-3-13-12(14)5-8-17-15(13)16(19)20/h2-5,8H,1,6-7,9-10H2,(H,19,20). The number of carbonyl (C=O) groups is 1. The Balaban J connectivity index is 2.14. The molecule has 0 saturated carbocycles. The van der Waals surface area contributed by atoms with Gasteiger partial charge in [0.15, 0.2) is 5.69 Å². The number of sulfonamides is 1. The molecule has 6 nitrogen and oxygen atoms in total. The van der Waals surface area contributed by atoms with Crippen LogP contribution in [0.25, 0.3) is 10.8 Å². The van der Waals surface area contributed by atoms with E-state index < -0.39 is 16.0 Å². The molecule has 1 aromatic carbocycles. The summed E-state index contributed by atoms with van der Waals surface area (Å²) in [7, 11) is -3.68. The molecule has 1 fully saturated rings. The van der Waals surface area contributed by atoms with Gasteiger partial charge in [-0.15, -0.1) is 0 Å². The number of carboxylic acid groups (broad SMARTS) is 1. The van der Waals surface area contributed by atoms with Crippen LogP contribution < -0.4 is 0 Å². The number of benzene rings is 1. The minimum absolute atomic E-state index is 0.118. The zero-order chi connectivity index (χ0) is 16.6. The first-order valence-corrected chi connectivity index (χ1v) is 8.63. The van der Waals surface area contributed by atoms with Crippen LogP contribution in [0.4, 0.5) is 0 Å². The number of piperidine rings is 1. The average molecular weight is 332 g/mol. The number of fused-ring (bicyclic) bond motifs is 1. The van der Waals surface area contributed by atoms with Crippen molar-refractivity contribution < 1.29 is 18.3 Å². The Labute approximate surface area is 134 Å². The van der Waals surface area contributed by atoms with Gasteiger partial charge >= 0.3 is 5.97 Å². The normalized spacial score (nSPS) is 16.6. The molecule has 1 aliphatic heterocycles. The summed E-state index contributed by atoms with van der Waals surface area (Å²) >= 11 is 0. The Hall–Kier alpha value is -2.25. The largest absolute Gasteiger partial charge is 0.476 e. The number of nitrogens with zero attached hydrogens (tertiary/aromatic N) is 2. The number of carboxylic acids is 1. The van der Waals surface area contributed by atoms with Crippen LogP contribution in [0, 0.1) is 0 Å². The molecule has 2 aromatic rings. The van der Waals surface area contributed by atoms with Crippen molar-refractivity contribution in [3.05, 3.63) is 48.3 Å². The lowest BCUT2D eigenvalue weighted by molar-refractivity contribution is 0.0693. The fraction of sp³-hybridized carbons (Fsp3) is 0.250. The Kier molecular flexibility index (Phi) is 3.91. The van der Waals surface area contributed by atoms with Gasteiger partial charge in [0.2, 0.25) is 10.0 Å². The molecule has 0 unspecified atom stereocenters. The second-order valence-corrected chi connectivity index (χ2v) is 7.38. The minimum atomic E-state index is -3.68. The molecule has 0 aliphatic carbocycles. The maximum absolute atomic E-state index is 12.9. The molecule has 7 heteroatoms. The summed E-state index contributed by atoms with van der Waals surface area (Å²) in [6.07, 6.45) is 2.61. The van der Waals surface area contributed by atoms with Gasteiger partial charge < -0.3 is 5.11 Å². The smallest absolute Gasteiger partial charge is 0.355 e. The van der Waals surface area contributed by atoms with Crippen molar-refractivity contribution in [1.82, 2.24) is 9.29 Å². The van der Waals surface area contributed by atoms with E-state index in [0.29, 0.717) is 36.7 Å². The first kappa shape index (κ1) is 15.6. The van der Waals surface area contributed by atoms with Gasteiger partial charge in [-0.2, -0.15) is 4.31 Å². The number of hydrogen-bond acceptors (Lipinski definition) is 4. The van der Waals surface area contributed by atoms with E-state index in [1.54, 1.807) is 12.1 Å². The van der Waals surface area contributed by atoms with Crippen LogP contribution in [-0.4, -0.2) is 41.9 Å². The SMILES string of the molecule is C=C1CCN(S(=O)(=O)c2cccc3c(C(=O)O)nccc23)CC1. The van der Waals surface area contributed by atoms with Crippen molar-refractivity contribution in [3.63, 3.8) is 0 Å². The molecular weight excluding hydrogens is 316 g/mol. The predicted molar refractivity (Wildman–Crippen MR) is 85.8 cm³/mol. The number of hydrogen-bond donors (Lipinski definition) is 1. The summed E-state index contributed by atoms with van der Waals surface area (Å²) in [5, 5.41) is 9.92. The molecule has 1 N–H and O–H groups in total. The summed E-state index contributed by atoms with van der Waals surface area (Å²) in [5.74, 6) is -1.18. The third kappa shape index (κ3) is 2.73. The van der Waals surface area contributed by atoms with Crippen LogP contribution in [0.15, 0.2) is 47.5 Å². The van der Waals surface area contributed by atoms with E-state index >= 15 is 0 Å². The zero-order valence-electron chi connectivity index (χ0n) is 12.4. The molecule has 120 valence electrons. The molecule has 0 bridgehead atoms. The molecule has 3 rings (SSSR count). The van der Waals surface area contributed by atoms with Crippen molar-refractivity contribution in [1.29, 1.82) is 0 Å². The Bertz CT molecular complexity index is 895. The number of aromatic nitrogens is 1. The highest BCUT2D eigenvalue weighted by molar-refractivity contribution is 7.89. The topological polar surface area (TPSA) is 87.6 Å². The van der Waals surface area contributed by atoms with Gasteiger partial charge in [-0.05, 0) is 25.0 Å². The van der Waals surface area contributed by atoms with Crippen LogP contribution in [-0.2, 0) is 10.0 Å². The summed E-state index contributed by atoms with van der Waals surface area (Å²) < 4.78 is 27.3. The second-order valence-electron chi connectivity index (χ2n) is 5.47. The molecule has 0 amide bonds. The molecule has 2 heterocycles. The van der Waals surface area contributed by atoms with Crippen molar-refractivity contribution in [2.45, 2.75) is 17.7 Å². The summed E-state index contributed by atoms with van der Waals surface area (Å²) in [4.78, 5) is 15.2. The van der Waals surface area contributed by atoms with E-state index in [-0.39, 0.29) is 10.6 Å². The fourth-order valence-electron chi connectivity index (χ4n) is 2.76. The van der Waals surface area contributed by atoms with E-state index in [1.165, 1.54) is 22.6 Å². The maximum atomic E-state index is 12.9. The Morgan fingerprint density at radius 3 is 2.52 bits per heavy atom. The van der Waals surface area contributed by atoms with E-state index in [1.807, 2.05) is 0 Å². The van der Waals surface area contributed by atoms with Crippen molar-refractivity contribution in [2.75, 3.05) is 13.1 Å². The summed E-state index contributed by atoms with van der Waals surface area (Å²) in [6.45, 7) is 4.68. The van der Waals surface area contributed by atoms with E-state index in [0.717, 1.165) is 5.57 Å². The average Bonchev–Trinajstić information content (AvgIpc) is 2.54. The zero-order valence-corrected chi connectivity index (χ0v) is 13.2. The molecule has 0 radical (unpaired) electrons. The van der Waals surface area contributed by atoms with Gasteiger partial charge in [0.25, 0.3) is 0 Å². The lowest BCUT2D eigenvalue weighted by Crippen LogP contribution is -2.36. The number of rotatable bonds is 3. The van der Waals surface area contributed by atoms with E-state index in [4.69, 9.17) is 0 Å².